The Kier molecular flexibility index (Phi) is 6.52. The van der Waals surface area contributed by atoms with Crippen LogP contribution in [0.3, 0.4) is 0 Å². The van der Waals surface area contributed by atoms with E-state index in [9.17, 15) is 13.2 Å². The average molecular weight is 303 g/mol. The highest BCUT2D eigenvalue weighted by molar-refractivity contribution is 7.96. The monoisotopic (exact) mass is 303 g/mol. The Morgan fingerprint density at radius 1 is 1.25 bits per heavy atom. The number of allylic oxidation sites excluding steroid dienone is 1. The van der Waals surface area contributed by atoms with E-state index >= 15 is 0 Å². The highest BCUT2D eigenvalue weighted by Gasteiger charge is 2.32. The molecule has 0 aromatic heterocycles. The molecule has 0 radical (unpaired) electrons. The van der Waals surface area contributed by atoms with Gasteiger partial charge in [-0.05, 0) is 39.5 Å². The largest absolute Gasteiger partial charge is 0.465 e. The van der Waals surface area contributed by atoms with Crippen molar-refractivity contribution in [2.24, 2.45) is 0 Å². The molecule has 5 nitrogen and oxygen atoms in total. The maximum absolute atomic E-state index is 12.5. The number of ether oxygens (including phenoxy) is 1. The highest BCUT2D eigenvalue weighted by Crippen LogP contribution is 2.20. The van der Waals surface area contributed by atoms with Gasteiger partial charge >= 0.3 is 5.97 Å². The molecule has 0 aromatic carbocycles. The first kappa shape index (κ1) is 17.0. The molecule has 0 bridgehead atoms. The van der Waals surface area contributed by atoms with Crippen molar-refractivity contribution in [1.29, 1.82) is 0 Å². The lowest BCUT2D eigenvalue weighted by molar-refractivity contribution is -0.142. The van der Waals surface area contributed by atoms with Gasteiger partial charge in [0.1, 0.15) is 0 Å². The molecule has 6 heteroatoms. The third-order valence-corrected chi connectivity index (χ3v) is 5.76. The molecule has 0 N–H and O–H groups in total. The Morgan fingerprint density at radius 2 is 1.85 bits per heavy atom. The average Bonchev–Trinajstić information content (AvgIpc) is 2.45. The number of carbonyl (C=O) groups is 1. The van der Waals surface area contributed by atoms with Crippen LogP contribution in [0.5, 0.6) is 0 Å². The van der Waals surface area contributed by atoms with Crippen molar-refractivity contribution in [2.45, 2.75) is 51.7 Å². The van der Waals surface area contributed by atoms with Crippen LogP contribution >= 0.6 is 0 Å². The number of rotatable bonds is 6. The molecule has 1 aliphatic rings. The van der Waals surface area contributed by atoms with Crippen LogP contribution in [-0.2, 0) is 19.4 Å². The van der Waals surface area contributed by atoms with E-state index in [1.54, 1.807) is 20.0 Å². The number of sulfone groups is 1. The van der Waals surface area contributed by atoms with E-state index in [-0.39, 0.29) is 6.61 Å². The lowest BCUT2D eigenvalue weighted by Crippen LogP contribution is -2.32. The molecule has 1 saturated heterocycles. The van der Waals surface area contributed by atoms with E-state index in [0.717, 1.165) is 25.9 Å². The molecular weight excluding hydrogens is 278 g/mol. The van der Waals surface area contributed by atoms with E-state index in [4.69, 9.17) is 4.74 Å². The van der Waals surface area contributed by atoms with Gasteiger partial charge in [-0.15, -0.1) is 0 Å². The zero-order chi connectivity index (χ0) is 15.2. The third kappa shape index (κ3) is 4.23. The van der Waals surface area contributed by atoms with Crippen molar-refractivity contribution in [3.8, 4) is 0 Å². The van der Waals surface area contributed by atoms with E-state index in [2.05, 4.69) is 0 Å². The number of carbonyl (C=O) groups excluding carboxylic acids is 1. The minimum atomic E-state index is -3.63. The van der Waals surface area contributed by atoms with Gasteiger partial charge in [0.05, 0.1) is 11.5 Å². The number of nitrogens with zero attached hydrogens (tertiary/aromatic N) is 1. The molecule has 1 atom stereocenters. The Hall–Kier alpha value is -1.04. The maximum atomic E-state index is 12.5. The van der Waals surface area contributed by atoms with Crippen LogP contribution in [0.25, 0.3) is 0 Å². The van der Waals surface area contributed by atoms with Gasteiger partial charge in [-0.1, -0.05) is 6.92 Å². The summed E-state index contributed by atoms with van der Waals surface area (Å²) in [5.41, 5.74) is 0. The fourth-order valence-corrected chi connectivity index (χ4v) is 3.70. The second-order valence-electron chi connectivity index (χ2n) is 4.98. The van der Waals surface area contributed by atoms with Gasteiger partial charge in [-0.25, -0.2) is 8.42 Å². The van der Waals surface area contributed by atoms with Crippen molar-refractivity contribution in [2.75, 3.05) is 19.7 Å². The predicted octanol–water partition coefficient (Wildman–Crippen LogP) is 2.09. The molecule has 0 aliphatic carbocycles. The number of esters is 1. The molecule has 1 rings (SSSR count). The van der Waals surface area contributed by atoms with Gasteiger partial charge in [0.25, 0.3) is 0 Å². The molecule has 1 heterocycles. The first-order valence-electron chi connectivity index (χ1n) is 7.28. The number of piperidine rings is 1. The van der Waals surface area contributed by atoms with Crippen molar-refractivity contribution in [1.82, 2.24) is 4.90 Å². The van der Waals surface area contributed by atoms with Crippen molar-refractivity contribution in [3.63, 3.8) is 0 Å². The Balaban J connectivity index is 2.90. The normalized spacial score (nSPS) is 18.8. The van der Waals surface area contributed by atoms with Crippen LogP contribution in [0.4, 0.5) is 0 Å². The molecule has 1 fully saturated rings. The fraction of sp³-hybridized carbons (Fsp3) is 0.786. The van der Waals surface area contributed by atoms with Crippen LogP contribution in [0, 0.1) is 0 Å². The standard InChI is InChI=1S/C14H25NO4S/c1-4-13(11-15-9-7-6-8-10-15)20(17,18)12(3)14(16)19-5-2/h11-12H,4-10H2,1-3H3. The second-order valence-corrected chi connectivity index (χ2v) is 7.31. The minimum absolute atomic E-state index is 0.190. The van der Waals surface area contributed by atoms with Crippen LogP contribution in [0.15, 0.2) is 11.1 Å². The van der Waals surface area contributed by atoms with Crippen molar-refractivity contribution < 1.29 is 17.9 Å². The Morgan fingerprint density at radius 3 is 2.35 bits per heavy atom. The first-order chi connectivity index (χ1) is 9.43. The molecule has 1 aliphatic heterocycles. The maximum Gasteiger partial charge on any atom is 0.324 e. The van der Waals surface area contributed by atoms with Gasteiger partial charge < -0.3 is 9.64 Å². The summed E-state index contributed by atoms with van der Waals surface area (Å²) in [4.78, 5) is 14.0. The summed E-state index contributed by atoms with van der Waals surface area (Å²) in [6, 6.07) is 0. The summed E-state index contributed by atoms with van der Waals surface area (Å²) in [7, 11) is -3.63. The van der Waals surface area contributed by atoms with Gasteiger partial charge in [-0.2, -0.15) is 0 Å². The second kappa shape index (κ2) is 7.67. The number of hydrogen-bond acceptors (Lipinski definition) is 5. The number of likely N-dealkylation sites (tertiary alicyclic amines) is 1. The van der Waals surface area contributed by atoms with Crippen LogP contribution in [0.1, 0.15) is 46.5 Å². The summed E-state index contributed by atoms with van der Waals surface area (Å²) in [6.45, 7) is 6.81. The summed E-state index contributed by atoms with van der Waals surface area (Å²) >= 11 is 0. The number of hydrogen-bond donors (Lipinski definition) is 0. The molecule has 20 heavy (non-hydrogen) atoms. The lowest BCUT2D eigenvalue weighted by Gasteiger charge is -2.26. The van der Waals surface area contributed by atoms with Gasteiger partial charge in [0.2, 0.25) is 0 Å². The zero-order valence-corrected chi connectivity index (χ0v) is 13.4. The summed E-state index contributed by atoms with van der Waals surface area (Å²) < 4.78 is 29.7. The summed E-state index contributed by atoms with van der Waals surface area (Å²) in [5.74, 6) is -0.675. The highest BCUT2D eigenvalue weighted by atomic mass is 32.2. The van der Waals surface area contributed by atoms with E-state index in [0.29, 0.717) is 11.3 Å². The SMILES string of the molecule is CCOC(=O)C(C)S(=O)(=O)C(=CN1CCCCC1)CC. The van der Waals surface area contributed by atoms with E-state index in [1.807, 2.05) is 4.90 Å². The van der Waals surface area contributed by atoms with E-state index < -0.39 is 21.1 Å². The molecule has 0 saturated carbocycles. The Bertz CT molecular complexity index is 450. The van der Waals surface area contributed by atoms with Crippen molar-refractivity contribution >= 4 is 15.8 Å². The predicted molar refractivity (Wildman–Crippen MR) is 78.8 cm³/mol. The Labute approximate surface area is 121 Å². The van der Waals surface area contributed by atoms with Crippen molar-refractivity contribution in [3.05, 3.63) is 11.1 Å². The molecule has 1 unspecified atom stereocenters. The first-order valence-corrected chi connectivity index (χ1v) is 8.83. The quantitative estimate of drug-likeness (QED) is 0.703. The molecular formula is C14H25NO4S. The van der Waals surface area contributed by atoms with Gasteiger partial charge in [0.15, 0.2) is 15.1 Å². The zero-order valence-electron chi connectivity index (χ0n) is 12.6. The molecule has 0 amide bonds. The van der Waals surface area contributed by atoms with Crippen LogP contribution < -0.4 is 0 Å². The van der Waals surface area contributed by atoms with Gasteiger partial charge in [-0.3, -0.25) is 4.79 Å². The lowest BCUT2D eigenvalue weighted by atomic mass is 10.1. The minimum Gasteiger partial charge on any atom is -0.465 e. The van der Waals surface area contributed by atoms with Crippen LogP contribution in [-0.4, -0.2) is 44.2 Å². The summed E-state index contributed by atoms with van der Waals surface area (Å²) in [6.07, 6.45) is 5.46. The van der Waals surface area contributed by atoms with E-state index in [1.165, 1.54) is 13.3 Å². The molecule has 116 valence electrons. The third-order valence-electron chi connectivity index (χ3n) is 3.52. The van der Waals surface area contributed by atoms with Crippen LogP contribution in [0.2, 0.25) is 0 Å². The van der Waals surface area contributed by atoms with Gasteiger partial charge in [0, 0.05) is 19.3 Å². The summed E-state index contributed by atoms with van der Waals surface area (Å²) in [5, 5.41) is -1.14. The topological polar surface area (TPSA) is 63.7 Å². The molecule has 0 aromatic rings. The fourth-order valence-electron chi connectivity index (χ4n) is 2.23. The smallest absolute Gasteiger partial charge is 0.324 e. The molecule has 0 spiro atoms.